The summed E-state index contributed by atoms with van der Waals surface area (Å²) in [7, 11) is 0. The smallest absolute Gasteiger partial charge is 0.0901 e. The lowest BCUT2D eigenvalue weighted by Gasteiger charge is -2.23. The Balaban J connectivity index is 2.76. The summed E-state index contributed by atoms with van der Waals surface area (Å²) in [5.74, 6) is 0.548. The Labute approximate surface area is 109 Å². The molecular weight excluding hydrogens is 228 g/mol. The second-order valence-corrected chi connectivity index (χ2v) is 6.83. The summed E-state index contributed by atoms with van der Waals surface area (Å²) in [4.78, 5) is 4.49. The predicted molar refractivity (Wildman–Crippen MR) is 77.4 cm³/mol. The molecule has 1 heterocycles. The third-order valence-electron chi connectivity index (χ3n) is 2.53. The minimum absolute atomic E-state index is 0.159. The van der Waals surface area contributed by atoms with Crippen molar-refractivity contribution in [2.45, 2.75) is 47.1 Å². The molecule has 0 spiro atoms. The summed E-state index contributed by atoms with van der Waals surface area (Å²) in [6.07, 6.45) is 2.22. The second kappa shape index (κ2) is 5.78. The molecule has 1 rings (SSSR count). The van der Waals surface area contributed by atoms with Gasteiger partial charge >= 0.3 is 0 Å². The van der Waals surface area contributed by atoms with Gasteiger partial charge in [-0.1, -0.05) is 19.4 Å². The molecule has 3 heteroatoms. The highest BCUT2D eigenvalue weighted by molar-refractivity contribution is 7.09. The number of thiazole rings is 1. The van der Waals surface area contributed by atoms with E-state index in [1.54, 1.807) is 11.3 Å². The molecule has 0 saturated heterocycles. The van der Waals surface area contributed by atoms with Crippen LogP contribution in [-0.4, -0.2) is 17.1 Å². The largest absolute Gasteiger partial charge is 0.308 e. The van der Waals surface area contributed by atoms with E-state index in [1.165, 1.54) is 5.57 Å². The molecule has 0 amide bonds. The minimum Gasteiger partial charge on any atom is -0.308 e. The van der Waals surface area contributed by atoms with Crippen LogP contribution in [-0.2, 0) is 0 Å². The van der Waals surface area contributed by atoms with E-state index in [0.29, 0.717) is 5.92 Å². The van der Waals surface area contributed by atoms with Gasteiger partial charge in [-0.2, -0.15) is 0 Å². The van der Waals surface area contributed by atoms with E-state index < -0.39 is 0 Å². The molecule has 1 N–H and O–H groups in total. The fraction of sp³-hybridized carbons (Fsp3) is 0.643. The summed E-state index contributed by atoms with van der Waals surface area (Å²) < 4.78 is 0. The van der Waals surface area contributed by atoms with Crippen LogP contribution in [0.15, 0.2) is 11.0 Å². The number of aryl methyl sites for hydroxylation is 1. The van der Waals surface area contributed by atoms with E-state index in [-0.39, 0.29) is 5.54 Å². The fourth-order valence-electron chi connectivity index (χ4n) is 1.43. The van der Waals surface area contributed by atoms with Crippen LogP contribution in [0.3, 0.4) is 0 Å². The zero-order valence-electron chi connectivity index (χ0n) is 11.8. The summed E-state index contributed by atoms with van der Waals surface area (Å²) in [6, 6.07) is 0. The summed E-state index contributed by atoms with van der Waals surface area (Å²) in [6.45, 7) is 14.0. The van der Waals surface area contributed by atoms with Crippen molar-refractivity contribution in [1.29, 1.82) is 0 Å². The first-order valence-electron chi connectivity index (χ1n) is 6.15. The average molecular weight is 252 g/mol. The molecule has 0 unspecified atom stereocenters. The highest BCUT2D eigenvalue weighted by Crippen LogP contribution is 2.17. The quantitative estimate of drug-likeness (QED) is 0.879. The van der Waals surface area contributed by atoms with Gasteiger partial charge in [0.2, 0.25) is 0 Å². The second-order valence-electron chi connectivity index (χ2n) is 5.77. The lowest BCUT2D eigenvalue weighted by Crippen LogP contribution is -2.37. The number of hydrogen-bond acceptors (Lipinski definition) is 3. The molecule has 0 radical (unpaired) electrons. The van der Waals surface area contributed by atoms with Crippen molar-refractivity contribution < 1.29 is 0 Å². The normalized spacial score (nSPS) is 13.5. The van der Waals surface area contributed by atoms with Gasteiger partial charge in [0, 0.05) is 17.5 Å². The van der Waals surface area contributed by atoms with E-state index in [9.17, 15) is 0 Å². The molecule has 0 bridgehead atoms. The third-order valence-corrected chi connectivity index (χ3v) is 3.33. The highest BCUT2D eigenvalue weighted by atomic mass is 32.1. The zero-order chi connectivity index (χ0) is 13.1. The Morgan fingerprint density at radius 3 is 2.53 bits per heavy atom. The van der Waals surface area contributed by atoms with Crippen molar-refractivity contribution in [2.24, 2.45) is 5.92 Å². The van der Waals surface area contributed by atoms with Gasteiger partial charge in [0.25, 0.3) is 0 Å². The molecule has 0 aliphatic carbocycles. The lowest BCUT2D eigenvalue weighted by molar-refractivity contribution is 0.437. The maximum atomic E-state index is 4.49. The van der Waals surface area contributed by atoms with Crippen LogP contribution in [0, 0.1) is 12.8 Å². The van der Waals surface area contributed by atoms with E-state index in [4.69, 9.17) is 0 Å². The topological polar surface area (TPSA) is 24.9 Å². The summed E-state index contributed by atoms with van der Waals surface area (Å²) >= 11 is 1.71. The molecule has 0 aliphatic heterocycles. The molecule has 0 aliphatic rings. The van der Waals surface area contributed by atoms with Gasteiger partial charge in [-0.05, 0) is 39.7 Å². The van der Waals surface area contributed by atoms with Crippen LogP contribution in [0.4, 0.5) is 0 Å². The van der Waals surface area contributed by atoms with Crippen molar-refractivity contribution >= 4 is 17.4 Å². The molecule has 96 valence electrons. The fourth-order valence-corrected chi connectivity index (χ4v) is 2.00. The molecule has 2 nitrogen and oxygen atoms in total. The van der Waals surface area contributed by atoms with Gasteiger partial charge in [0.15, 0.2) is 0 Å². The highest BCUT2D eigenvalue weighted by Gasteiger charge is 2.11. The Bertz CT molecular complexity index is 383. The monoisotopic (exact) mass is 252 g/mol. The zero-order valence-corrected chi connectivity index (χ0v) is 12.6. The first kappa shape index (κ1) is 14.4. The van der Waals surface area contributed by atoms with E-state index in [1.807, 2.05) is 6.92 Å². The SMILES string of the molecule is Cc1nc(C=C(CNC(C)(C)C)C(C)C)cs1. The maximum absolute atomic E-state index is 4.49. The van der Waals surface area contributed by atoms with Crippen molar-refractivity contribution in [3.8, 4) is 0 Å². The maximum Gasteiger partial charge on any atom is 0.0901 e. The lowest BCUT2D eigenvalue weighted by atomic mass is 10.0. The van der Waals surface area contributed by atoms with Crippen molar-refractivity contribution in [3.63, 3.8) is 0 Å². The first-order chi connectivity index (χ1) is 7.78. The predicted octanol–water partition coefficient (Wildman–Crippen LogP) is 3.88. The average Bonchev–Trinajstić information content (AvgIpc) is 2.56. The van der Waals surface area contributed by atoms with Gasteiger partial charge in [-0.3, -0.25) is 0 Å². The molecule has 1 aromatic heterocycles. The van der Waals surface area contributed by atoms with Crippen LogP contribution in [0.5, 0.6) is 0 Å². The van der Waals surface area contributed by atoms with Gasteiger partial charge in [0.1, 0.15) is 0 Å². The van der Waals surface area contributed by atoms with Crippen molar-refractivity contribution in [3.05, 3.63) is 21.7 Å². The van der Waals surface area contributed by atoms with Crippen LogP contribution in [0.1, 0.15) is 45.3 Å². The molecular formula is C14H24N2S. The van der Waals surface area contributed by atoms with Crippen LogP contribution < -0.4 is 5.32 Å². The Morgan fingerprint density at radius 1 is 1.47 bits per heavy atom. The van der Waals surface area contributed by atoms with Gasteiger partial charge in [-0.15, -0.1) is 11.3 Å². The van der Waals surface area contributed by atoms with Crippen LogP contribution >= 0.6 is 11.3 Å². The summed E-state index contributed by atoms with van der Waals surface area (Å²) in [5.41, 5.74) is 2.66. The van der Waals surface area contributed by atoms with Gasteiger partial charge < -0.3 is 5.32 Å². The Morgan fingerprint density at radius 2 is 2.12 bits per heavy atom. The number of aromatic nitrogens is 1. The van der Waals surface area contributed by atoms with E-state index in [0.717, 1.165) is 17.2 Å². The molecule has 0 saturated carbocycles. The molecule has 17 heavy (non-hydrogen) atoms. The molecule has 0 atom stereocenters. The number of hydrogen-bond donors (Lipinski definition) is 1. The Hall–Kier alpha value is -0.670. The minimum atomic E-state index is 0.159. The number of nitrogens with zero attached hydrogens (tertiary/aromatic N) is 1. The van der Waals surface area contributed by atoms with Crippen molar-refractivity contribution in [2.75, 3.05) is 6.54 Å². The first-order valence-corrected chi connectivity index (χ1v) is 7.03. The third kappa shape index (κ3) is 5.46. The summed E-state index contributed by atoms with van der Waals surface area (Å²) in [5, 5.41) is 6.79. The van der Waals surface area contributed by atoms with Crippen molar-refractivity contribution in [1.82, 2.24) is 10.3 Å². The molecule has 1 aromatic rings. The number of rotatable bonds is 4. The van der Waals surface area contributed by atoms with E-state index in [2.05, 4.69) is 56.4 Å². The number of nitrogens with one attached hydrogen (secondary N) is 1. The molecule has 0 fully saturated rings. The van der Waals surface area contributed by atoms with Gasteiger partial charge in [0.05, 0.1) is 10.7 Å². The molecule has 0 aromatic carbocycles. The van der Waals surface area contributed by atoms with Crippen LogP contribution in [0.25, 0.3) is 6.08 Å². The van der Waals surface area contributed by atoms with Crippen LogP contribution in [0.2, 0.25) is 0 Å². The van der Waals surface area contributed by atoms with Gasteiger partial charge in [-0.25, -0.2) is 4.98 Å². The standard InChI is InChI=1S/C14H24N2S/c1-10(2)12(8-15-14(4,5)6)7-13-9-17-11(3)16-13/h7,9-10,15H,8H2,1-6H3. The Kier molecular flexibility index (Phi) is 4.90. The van der Waals surface area contributed by atoms with E-state index >= 15 is 0 Å².